The summed E-state index contributed by atoms with van der Waals surface area (Å²) >= 11 is 6.54. The molecule has 1 fully saturated rings. The van der Waals surface area contributed by atoms with Gasteiger partial charge in [0.2, 0.25) is 5.91 Å². The summed E-state index contributed by atoms with van der Waals surface area (Å²) in [7, 11) is 0. The summed E-state index contributed by atoms with van der Waals surface area (Å²) in [5, 5.41) is 2.79. The Labute approximate surface area is 118 Å². The zero-order valence-electron chi connectivity index (χ0n) is 11.0. The lowest BCUT2D eigenvalue weighted by molar-refractivity contribution is -0.116. The predicted octanol–water partition coefficient (Wildman–Crippen LogP) is 3.42. The van der Waals surface area contributed by atoms with Crippen LogP contribution in [0.25, 0.3) is 0 Å². The molecular weight excluding hydrogens is 262 g/mol. The third-order valence-corrected chi connectivity index (χ3v) is 4.47. The predicted molar refractivity (Wildman–Crippen MR) is 75.6 cm³/mol. The normalized spacial score (nSPS) is 27.8. The first-order chi connectivity index (χ1) is 9.13. The molecule has 102 valence electrons. The van der Waals surface area contributed by atoms with Crippen LogP contribution in [0.3, 0.4) is 0 Å². The van der Waals surface area contributed by atoms with Crippen LogP contribution < -0.4 is 5.32 Å². The summed E-state index contributed by atoms with van der Waals surface area (Å²) in [5.74, 6) is 0.0932. The van der Waals surface area contributed by atoms with E-state index in [0.717, 1.165) is 30.5 Å². The molecule has 1 amide bonds. The van der Waals surface area contributed by atoms with Gasteiger partial charge in [-0.3, -0.25) is 4.79 Å². The second-order valence-electron chi connectivity index (χ2n) is 5.43. The molecular formula is C15H18ClNO2. The lowest BCUT2D eigenvalue weighted by Crippen LogP contribution is -2.20. The van der Waals surface area contributed by atoms with Crippen molar-refractivity contribution in [3.8, 4) is 0 Å². The Hall–Kier alpha value is -1.06. The quantitative estimate of drug-likeness (QED) is 0.843. The highest BCUT2D eigenvalue weighted by Crippen LogP contribution is 2.36. The fourth-order valence-electron chi connectivity index (χ4n) is 2.84. The highest BCUT2D eigenvalue weighted by molar-refractivity contribution is 6.21. The van der Waals surface area contributed by atoms with E-state index in [1.54, 1.807) is 0 Å². The van der Waals surface area contributed by atoms with E-state index in [9.17, 15) is 4.79 Å². The number of hydrogen-bond donors (Lipinski definition) is 1. The number of alkyl halides is 1. The monoisotopic (exact) mass is 279 g/mol. The first-order valence-electron chi connectivity index (χ1n) is 6.85. The second-order valence-corrected chi connectivity index (χ2v) is 5.90. The number of carbonyl (C=O) groups excluding carboxylic acids is 1. The van der Waals surface area contributed by atoms with Crippen LogP contribution >= 0.6 is 11.6 Å². The first kappa shape index (κ1) is 12.9. The highest BCUT2D eigenvalue weighted by atomic mass is 35.5. The van der Waals surface area contributed by atoms with Gasteiger partial charge in [0.25, 0.3) is 0 Å². The van der Waals surface area contributed by atoms with E-state index in [2.05, 4.69) is 18.3 Å². The molecule has 19 heavy (non-hydrogen) atoms. The zero-order valence-corrected chi connectivity index (χ0v) is 11.7. The minimum atomic E-state index is -0.104. The summed E-state index contributed by atoms with van der Waals surface area (Å²) in [6, 6.07) is 6.06. The van der Waals surface area contributed by atoms with Gasteiger partial charge in [-0.2, -0.15) is 0 Å². The molecule has 2 aliphatic heterocycles. The molecule has 3 atom stereocenters. The summed E-state index contributed by atoms with van der Waals surface area (Å²) in [4.78, 5) is 11.3. The topological polar surface area (TPSA) is 38.3 Å². The van der Waals surface area contributed by atoms with Crippen LogP contribution in [0.4, 0.5) is 5.69 Å². The van der Waals surface area contributed by atoms with Crippen LogP contribution in [-0.4, -0.2) is 18.1 Å². The molecule has 4 heteroatoms. The number of nitrogens with one attached hydrogen (secondary N) is 1. The summed E-state index contributed by atoms with van der Waals surface area (Å²) in [6.45, 7) is 2.09. The molecule has 1 N–H and O–H groups in total. The molecule has 0 aliphatic carbocycles. The number of aryl methyl sites for hydroxylation is 1. The lowest BCUT2D eigenvalue weighted by atomic mass is 9.97. The Morgan fingerprint density at radius 1 is 1.37 bits per heavy atom. The van der Waals surface area contributed by atoms with Crippen LogP contribution in [0.15, 0.2) is 18.2 Å². The van der Waals surface area contributed by atoms with Crippen molar-refractivity contribution in [1.82, 2.24) is 0 Å². The Balaban J connectivity index is 1.80. The van der Waals surface area contributed by atoms with Crippen molar-refractivity contribution >= 4 is 23.2 Å². The van der Waals surface area contributed by atoms with E-state index in [0.29, 0.717) is 12.5 Å². The molecule has 3 rings (SSSR count). The van der Waals surface area contributed by atoms with Crippen molar-refractivity contribution in [2.45, 2.75) is 50.2 Å². The fraction of sp³-hybridized carbons (Fsp3) is 0.533. The van der Waals surface area contributed by atoms with E-state index in [4.69, 9.17) is 16.3 Å². The molecule has 3 nitrogen and oxygen atoms in total. The van der Waals surface area contributed by atoms with E-state index in [-0.39, 0.29) is 17.4 Å². The number of rotatable bonds is 2. The van der Waals surface area contributed by atoms with Crippen molar-refractivity contribution in [2.75, 3.05) is 5.32 Å². The molecule has 0 aromatic heterocycles. The van der Waals surface area contributed by atoms with Crippen molar-refractivity contribution in [1.29, 1.82) is 0 Å². The lowest BCUT2D eigenvalue weighted by Gasteiger charge is -2.22. The summed E-state index contributed by atoms with van der Waals surface area (Å²) in [5.41, 5.74) is 3.19. The third-order valence-electron chi connectivity index (χ3n) is 3.93. The maximum absolute atomic E-state index is 11.3. The Morgan fingerprint density at radius 3 is 2.95 bits per heavy atom. The van der Waals surface area contributed by atoms with E-state index in [1.807, 2.05) is 12.1 Å². The van der Waals surface area contributed by atoms with Gasteiger partial charge >= 0.3 is 0 Å². The number of benzene rings is 1. The number of anilines is 1. The van der Waals surface area contributed by atoms with Crippen LogP contribution in [0.1, 0.15) is 42.7 Å². The van der Waals surface area contributed by atoms with Crippen LogP contribution in [-0.2, 0) is 16.0 Å². The van der Waals surface area contributed by atoms with Crippen molar-refractivity contribution in [3.05, 3.63) is 29.3 Å². The number of amides is 1. The van der Waals surface area contributed by atoms with Crippen molar-refractivity contribution in [2.24, 2.45) is 0 Å². The SMILES string of the molecule is CC1CCC(C(Cl)c2ccc3c(c2)CCC(=O)N3)O1. The third kappa shape index (κ3) is 2.63. The Kier molecular flexibility index (Phi) is 3.50. The number of hydrogen-bond acceptors (Lipinski definition) is 2. The largest absolute Gasteiger partial charge is 0.373 e. The smallest absolute Gasteiger partial charge is 0.224 e. The van der Waals surface area contributed by atoms with Gasteiger partial charge in [-0.25, -0.2) is 0 Å². The molecule has 3 unspecified atom stereocenters. The minimum Gasteiger partial charge on any atom is -0.373 e. The average Bonchev–Trinajstić information content (AvgIpc) is 2.84. The number of carbonyl (C=O) groups is 1. The molecule has 0 radical (unpaired) electrons. The Bertz CT molecular complexity index is 503. The molecule has 0 saturated carbocycles. The van der Waals surface area contributed by atoms with E-state index >= 15 is 0 Å². The summed E-state index contributed by atoms with van der Waals surface area (Å²) < 4.78 is 5.84. The highest BCUT2D eigenvalue weighted by Gasteiger charge is 2.30. The molecule has 2 aliphatic rings. The zero-order chi connectivity index (χ0) is 13.4. The standard InChI is InChI=1S/C15H18ClNO2/c1-9-2-6-13(19-9)15(16)11-3-5-12-10(8-11)4-7-14(18)17-12/h3,5,8-9,13,15H,2,4,6-7H2,1H3,(H,17,18). The molecule has 2 heterocycles. The van der Waals surface area contributed by atoms with Crippen LogP contribution in [0.5, 0.6) is 0 Å². The molecule has 0 bridgehead atoms. The van der Waals surface area contributed by atoms with Gasteiger partial charge in [0.05, 0.1) is 17.6 Å². The maximum atomic E-state index is 11.3. The van der Waals surface area contributed by atoms with Gasteiger partial charge in [-0.05, 0) is 43.4 Å². The molecule has 0 spiro atoms. The van der Waals surface area contributed by atoms with Gasteiger partial charge in [0, 0.05) is 12.1 Å². The number of fused-ring (bicyclic) bond motifs is 1. The van der Waals surface area contributed by atoms with Gasteiger partial charge in [-0.1, -0.05) is 12.1 Å². The minimum absolute atomic E-state index is 0.0932. The van der Waals surface area contributed by atoms with E-state index in [1.165, 1.54) is 5.56 Å². The van der Waals surface area contributed by atoms with Crippen LogP contribution in [0.2, 0.25) is 0 Å². The maximum Gasteiger partial charge on any atom is 0.224 e. The van der Waals surface area contributed by atoms with Gasteiger partial charge in [0.15, 0.2) is 0 Å². The van der Waals surface area contributed by atoms with Crippen molar-refractivity contribution < 1.29 is 9.53 Å². The van der Waals surface area contributed by atoms with Crippen LogP contribution in [0, 0.1) is 0 Å². The molecule has 1 aromatic carbocycles. The molecule has 1 aromatic rings. The average molecular weight is 280 g/mol. The van der Waals surface area contributed by atoms with Gasteiger partial charge < -0.3 is 10.1 Å². The first-order valence-corrected chi connectivity index (χ1v) is 7.29. The molecule has 1 saturated heterocycles. The fourth-order valence-corrected chi connectivity index (χ4v) is 3.16. The summed E-state index contributed by atoms with van der Waals surface area (Å²) in [6.07, 6.45) is 3.86. The van der Waals surface area contributed by atoms with Gasteiger partial charge in [0.1, 0.15) is 0 Å². The second kappa shape index (κ2) is 5.14. The Morgan fingerprint density at radius 2 is 2.21 bits per heavy atom. The van der Waals surface area contributed by atoms with Gasteiger partial charge in [-0.15, -0.1) is 11.6 Å². The number of ether oxygens (including phenoxy) is 1. The van der Waals surface area contributed by atoms with E-state index < -0.39 is 0 Å². The number of halogens is 1. The van der Waals surface area contributed by atoms with Crippen molar-refractivity contribution in [3.63, 3.8) is 0 Å².